The van der Waals surface area contributed by atoms with Crippen LogP contribution in [0, 0.1) is 6.92 Å². The molecule has 1 aromatic heterocycles. The molecule has 5 nitrogen and oxygen atoms in total. The fraction of sp³-hybridized carbons (Fsp3) is 0.286. The van der Waals surface area contributed by atoms with Crippen molar-refractivity contribution in [3.63, 3.8) is 0 Å². The molecule has 5 heteroatoms. The van der Waals surface area contributed by atoms with E-state index in [0.29, 0.717) is 12.6 Å². The summed E-state index contributed by atoms with van der Waals surface area (Å²) in [5, 5.41) is 1.84. The van der Waals surface area contributed by atoms with Crippen molar-refractivity contribution in [1.82, 2.24) is 15.4 Å². The predicted octanol–water partition coefficient (Wildman–Crippen LogP) is 2.20. The molecule has 0 atom stereocenters. The van der Waals surface area contributed by atoms with Gasteiger partial charge in [-0.05, 0) is 25.1 Å². The number of hydrogen-bond donors (Lipinski definition) is 1. The van der Waals surface area contributed by atoms with Gasteiger partial charge in [-0.25, -0.2) is 20.4 Å². The van der Waals surface area contributed by atoms with Gasteiger partial charge in [-0.3, -0.25) is 0 Å². The van der Waals surface area contributed by atoms with Gasteiger partial charge < -0.3 is 4.74 Å². The van der Waals surface area contributed by atoms with Crippen molar-refractivity contribution in [2.45, 2.75) is 13.5 Å². The van der Waals surface area contributed by atoms with Gasteiger partial charge in [0.25, 0.3) is 0 Å². The lowest BCUT2D eigenvalue weighted by Gasteiger charge is -2.22. The van der Waals surface area contributed by atoms with Crippen LogP contribution in [-0.4, -0.2) is 24.1 Å². The van der Waals surface area contributed by atoms with E-state index >= 15 is 0 Å². The molecule has 2 aromatic rings. The second-order valence-corrected chi connectivity index (χ2v) is 4.13. The number of aryl methyl sites for hydroxylation is 1. The molecule has 0 spiro atoms. The third kappa shape index (κ3) is 3.27. The minimum atomic E-state index is 0.475. The van der Waals surface area contributed by atoms with Crippen LogP contribution < -0.4 is 10.4 Å². The van der Waals surface area contributed by atoms with Gasteiger partial charge in [0.2, 0.25) is 5.95 Å². The zero-order valence-corrected chi connectivity index (χ0v) is 11.4. The average molecular weight is 258 g/mol. The molecule has 19 heavy (non-hydrogen) atoms. The van der Waals surface area contributed by atoms with Crippen molar-refractivity contribution in [3.05, 3.63) is 47.8 Å². The quantitative estimate of drug-likeness (QED) is 0.833. The van der Waals surface area contributed by atoms with E-state index in [1.165, 1.54) is 0 Å². The minimum absolute atomic E-state index is 0.475. The van der Waals surface area contributed by atoms with Gasteiger partial charge >= 0.3 is 0 Å². The molecular weight excluding hydrogens is 240 g/mol. The first-order valence-electron chi connectivity index (χ1n) is 6.10. The van der Waals surface area contributed by atoms with Gasteiger partial charge in [0.05, 0.1) is 18.0 Å². The first-order valence-corrected chi connectivity index (χ1v) is 6.10. The number of benzene rings is 1. The Balaban J connectivity index is 2.38. The molecule has 0 fully saturated rings. The Labute approximate surface area is 113 Å². The molecule has 2 rings (SSSR count). The normalized spacial score (nSPS) is 10.5. The summed E-state index contributed by atoms with van der Waals surface area (Å²) in [7, 11) is 3.50. The first-order chi connectivity index (χ1) is 9.24. The van der Waals surface area contributed by atoms with E-state index in [1.807, 2.05) is 55.4 Å². The SMILES string of the molecule is CNN(c1ccccc1)c1nc(C)cc(COC)n1. The van der Waals surface area contributed by atoms with Crippen molar-refractivity contribution in [2.24, 2.45) is 0 Å². The summed E-state index contributed by atoms with van der Waals surface area (Å²) in [6.45, 7) is 2.42. The highest BCUT2D eigenvalue weighted by atomic mass is 16.5. The summed E-state index contributed by atoms with van der Waals surface area (Å²) in [4.78, 5) is 8.96. The van der Waals surface area contributed by atoms with Gasteiger partial charge in [0, 0.05) is 19.9 Å². The average Bonchev–Trinajstić information content (AvgIpc) is 2.40. The van der Waals surface area contributed by atoms with Crippen molar-refractivity contribution in [2.75, 3.05) is 19.2 Å². The van der Waals surface area contributed by atoms with E-state index in [9.17, 15) is 0 Å². The molecule has 0 radical (unpaired) electrons. The van der Waals surface area contributed by atoms with E-state index in [0.717, 1.165) is 17.1 Å². The molecule has 0 aliphatic carbocycles. The minimum Gasteiger partial charge on any atom is -0.378 e. The van der Waals surface area contributed by atoms with Crippen molar-refractivity contribution in [3.8, 4) is 0 Å². The topological polar surface area (TPSA) is 50.3 Å². The molecule has 1 N–H and O–H groups in total. The molecule has 1 heterocycles. The van der Waals surface area contributed by atoms with Gasteiger partial charge in [-0.2, -0.15) is 0 Å². The van der Waals surface area contributed by atoms with Crippen LogP contribution >= 0.6 is 0 Å². The van der Waals surface area contributed by atoms with Crippen LogP contribution in [-0.2, 0) is 11.3 Å². The molecule has 0 saturated heterocycles. The third-order valence-corrected chi connectivity index (χ3v) is 2.63. The predicted molar refractivity (Wildman–Crippen MR) is 75.1 cm³/mol. The summed E-state index contributed by atoms with van der Waals surface area (Å²) in [5.41, 5.74) is 5.86. The standard InChI is InChI=1S/C14H18N4O/c1-11-9-12(10-19-3)17-14(16-11)18(15-2)13-7-5-4-6-8-13/h4-9,15H,10H2,1-3H3. The summed E-state index contributed by atoms with van der Waals surface area (Å²) < 4.78 is 5.13. The summed E-state index contributed by atoms with van der Waals surface area (Å²) in [6.07, 6.45) is 0. The van der Waals surface area contributed by atoms with Gasteiger partial charge in [-0.15, -0.1) is 0 Å². The van der Waals surface area contributed by atoms with Crippen LogP contribution in [0.4, 0.5) is 11.6 Å². The molecule has 0 aliphatic heterocycles. The fourth-order valence-electron chi connectivity index (χ4n) is 1.86. The molecule has 0 amide bonds. The summed E-state index contributed by atoms with van der Waals surface area (Å²) >= 11 is 0. The number of ether oxygens (including phenoxy) is 1. The Kier molecular flexibility index (Phi) is 4.43. The molecule has 0 bridgehead atoms. The number of anilines is 2. The van der Waals surface area contributed by atoms with Gasteiger partial charge in [0.1, 0.15) is 0 Å². The Morgan fingerprint density at radius 3 is 2.58 bits per heavy atom. The Hall–Kier alpha value is -1.98. The number of methoxy groups -OCH3 is 1. The van der Waals surface area contributed by atoms with E-state index in [4.69, 9.17) is 4.74 Å². The molecule has 0 aliphatic rings. The highest BCUT2D eigenvalue weighted by Gasteiger charge is 2.11. The zero-order chi connectivity index (χ0) is 13.7. The fourth-order valence-corrected chi connectivity index (χ4v) is 1.86. The van der Waals surface area contributed by atoms with Crippen LogP contribution in [0.3, 0.4) is 0 Å². The van der Waals surface area contributed by atoms with Crippen LogP contribution in [0.2, 0.25) is 0 Å². The number of hydrogen-bond acceptors (Lipinski definition) is 5. The Bertz CT molecular complexity index is 530. The molecule has 0 unspecified atom stereocenters. The van der Waals surface area contributed by atoms with Crippen molar-refractivity contribution in [1.29, 1.82) is 0 Å². The largest absolute Gasteiger partial charge is 0.378 e. The van der Waals surface area contributed by atoms with Crippen molar-refractivity contribution < 1.29 is 4.74 Å². The van der Waals surface area contributed by atoms with Crippen LogP contribution in [0.25, 0.3) is 0 Å². The second kappa shape index (κ2) is 6.26. The van der Waals surface area contributed by atoms with Crippen molar-refractivity contribution >= 4 is 11.6 Å². The van der Waals surface area contributed by atoms with Crippen LogP contribution in [0.15, 0.2) is 36.4 Å². The highest BCUT2D eigenvalue weighted by molar-refractivity contribution is 5.55. The number of nitrogens with zero attached hydrogens (tertiary/aromatic N) is 3. The number of nitrogens with one attached hydrogen (secondary N) is 1. The van der Waals surface area contributed by atoms with E-state index in [-0.39, 0.29) is 0 Å². The van der Waals surface area contributed by atoms with Crippen LogP contribution in [0.5, 0.6) is 0 Å². The zero-order valence-electron chi connectivity index (χ0n) is 11.4. The van der Waals surface area contributed by atoms with Crippen LogP contribution in [0.1, 0.15) is 11.4 Å². The lowest BCUT2D eigenvalue weighted by molar-refractivity contribution is 0.181. The lowest BCUT2D eigenvalue weighted by Crippen LogP contribution is -2.32. The monoisotopic (exact) mass is 258 g/mol. The number of para-hydroxylation sites is 1. The molecule has 0 saturated carbocycles. The third-order valence-electron chi connectivity index (χ3n) is 2.63. The Morgan fingerprint density at radius 1 is 1.21 bits per heavy atom. The first kappa shape index (κ1) is 13.5. The van der Waals surface area contributed by atoms with E-state index in [1.54, 1.807) is 7.11 Å². The summed E-state index contributed by atoms with van der Waals surface area (Å²) in [6, 6.07) is 11.9. The maximum atomic E-state index is 5.13. The number of aromatic nitrogens is 2. The van der Waals surface area contributed by atoms with Gasteiger partial charge in [-0.1, -0.05) is 18.2 Å². The molecule has 100 valence electrons. The molecular formula is C14H18N4O. The maximum absolute atomic E-state index is 5.13. The van der Waals surface area contributed by atoms with Gasteiger partial charge in [0.15, 0.2) is 0 Å². The second-order valence-electron chi connectivity index (χ2n) is 4.13. The number of rotatable bonds is 5. The smallest absolute Gasteiger partial charge is 0.245 e. The maximum Gasteiger partial charge on any atom is 0.245 e. The highest BCUT2D eigenvalue weighted by Crippen LogP contribution is 2.19. The van der Waals surface area contributed by atoms with E-state index < -0.39 is 0 Å². The summed E-state index contributed by atoms with van der Waals surface area (Å²) in [5.74, 6) is 0.612. The number of hydrazine groups is 1. The van der Waals surface area contributed by atoms with E-state index in [2.05, 4.69) is 15.4 Å². The molecule has 1 aromatic carbocycles. The lowest BCUT2D eigenvalue weighted by atomic mass is 10.3. The Morgan fingerprint density at radius 2 is 1.95 bits per heavy atom.